The molecule has 1 saturated heterocycles. The van der Waals surface area contributed by atoms with E-state index in [0.29, 0.717) is 25.3 Å². The highest BCUT2D eigenvalue weighted by atomic mass is 127. The van der Waals surface area contributed by atoms with Crippen LogP contribution in [-0.2, 0) is 14.8 Å². The molecule has 1 aromatic carbocycles. The second-order valence-electron chi connectivity index (χ2n) is 6.32. The highest BCUT2D eigenvalue weighted by molar-refractivity contribution is 14.1. The maximum atomic E-state index is 12.9. The summed E-state index contributed by atoms with van der Waals surface area (Å²) in [6, 6.07) is 4.70. The van der Waals surface area contributed by atoms with Crippen LogP contribution in [0.1, 0.15) is 36.5 Å². The summed E-state index contributed by atoms with van der Waals surface area (Å²) in [5.74, 6) is -0.134. The predicted molar refractivity (Wildman–Crippen MR) is 105 cm³/mol. The second kappa shape index (κ2) is 8.79. The molecular formula is C17H25IN2O4S. The smallest absolute Gasteiger partial charge is 0.255 e. The topological polar surface area (TPSA) is 66.9 Å². The second-order valence-corrected chi connectivity index (χ2v) is 9.63. The molecule has 6 nitrogen and oxygen atoms in total. The van der Waals surface area contributed by atoms with Gasteiger partial charge in [0.2, 0.25) is 10.0 Å². The third-order valence-corrected chi connectivity index (χ3v) is 6.92. The number of carbonyl (C=O) groups excluding carboxylic acids is 1. The Kier molecular flexibility index (Phi) is 7.24. The van der Waals surface area contributed by atoms with Gasteiger partial charge in [0.1, 0.15) is 0 Å². The van der Waals surface area contributed by atoms with Gasteiger partial charge in [-0.2, -0.15) is 0 Å². The molecule has 1 amide bonds. The average Bonchev–Trinajstić information content (AvgIpc) is 2.59. The van der Waals surface area contributed by atoms with Crippen molar-refractivity contribution in [2.24, 2.45) is 0 Å². The number of carbonyl (C=O) groups is 1. The van der Waals surface area contributed by atoms with Crippen LogP contribution in [0.3, 0.4) is 0 Å². The first-order valence-corrected chi connectivity index (χ1v) is 10.9. The fourth-order valence-corrected chi connectivity index (χ4v) is 4.25. The summed E-state index contributed by atoms with van der Waals surface area (Å²) in [6.07, 6.45) is 2.86. The number of piperidine rings is 1. The van der Waals surface area contributed by atoms with Gasteiger partial charge in [-0.1, -0.05) is 6.92 Å². The predicted octanol–water partition coefficient (Wildman–Crippen LogP) is 2.57. The number of ether oxygens (including phenoxy) is 1. The van der Waals surface area contributed by atoms with Gasteiger partial charge < -0.3 is 9.64 Å². The van der Waals surface area contributed by atoms with E-state index in [-0.39, 0.29) is 16.9 Å². The number of hydrogen-bond donors (Lipinski definition) is 0. The lowest BCUT2D eigenvalue weighted by Gasteiger charge is -2.33. The molecule has 25 heavy (non-hydrogen) atoms. The van der Waals surface area contributed by atoms with Gasteiger partial charge in [-0.05, 0) is 60.1 Å². The minimum Gasteiger partial charge on any atom is -0.376 e. The Labute approximate surface area is 163 Å². The maximum Gasteiger partial charge on any atom is 0.255 e. The normalized spacial score (nSPS) is 18.6. The molecule has 1 unspecified atom stereocenters. The number of amides is 1. The van der Waals surface area contributed by atoms with Crippen LogP contribution < -0.4 is 0 Å². The standard InChI is InChI=1S/C17H25IN2O4S/c1-4-10-24-13-6-5-9-20(12-13)17(21)15-11-14(7-8-16(15)18)25(22,23)19(2)3/h7-8,11,13H,4-6,9-10,12H2,1-3H3. The Morgan fingerprint density at radius 3 is 2.76 bits per heavy atom. The van der Waals surface area contributed by atoms with Gasteiger partial charge in [0.15, 0.2) is 0 Å². The van der Waals surface area contributed by atoms with E-state index in [9.17, 15) is 13.2 Å². The molecule has 0 radical (unpaired) electrons. The molecule has 8 heteroatoms. The number of rotatable bonds is 6. The number of nitrogens with zero attached hydrogens (tertiary/aromatic N) is 2. The molecule has 0 saturated carbocycles. The van der Waals surface area contributed by atoms with E-state index in [2.05, 4.69) is 29.5 Å². The summed E-state index contributed by atoms with van der Waals surface area (Å²) < 4.78 is 32.4. The summed E-state index contributed by atoms with van der Waals surface area (Å²) in [5, 5.41) is 0. The lowest BCUT2D eigenvalue weighted by Crippen LogP contribution is -2.43. The SMILES string of the molecule is CCCOC1CCCN(C(=O)c2cc(S(=O)(=O)N(C)C)ccc2I)C1. The molecule has 0 aliphatic carbocycles. The molecule has 0 spiro atoms. The zero-order valence-corrected chi connectivity index (χ0v) is 17.8. The molecule has 1 aliphatic heterocycles. The summed E-state index contributed by atoms with van der Waals surface area (Å²) >= 11 is 2.07. The van der Waals surface area contributed by atoms with Crippen LogP contribution in [-0.4, -0.2) is 63.4 Å². The first kappa shape index (κ1) is 20.6. The molecule has 1 aliphatic rings. The monoisotopic (exact) mass is 480 g/mol. The lowest BCUT2D eigenvalue weighted by atomic mass is 10.1. The molecular weight excluding hydrogens is 455 g/mol. The minimum absolute atomic E-state index is 0.0593. The molecule has 140 valence electrons. The third-order valence-electron chi connectivity index (χ3n) is 4.17. The van der Waals surface area contributed by atoms with Crippen molar-refractivity contribution in [1.29, 1.82) is 0 Å². The number of hydrogen-bond acceptors (Lipinski definition) is 4. The van der Waals surface area contributed by atoms with Crippen molar-refractivity contribution in [2.45, 2.75) is 37.2 Å². The van der Waals surface area contributed by atoms with Gasteiger partial charge >= 0.3 is 0 Å². The van der Waals surface area contributed by atoms with Crippen molar-refractivity contribution in [3.63, 3.8) is 0 Å². The molecule has 1 fully saturated rings. The van der Waals surface area contributed by atoms with E-state index in [1.807, 2.05) is 0 Å². The molecule has 1 aromatic rings. The lowest BCUT2D eigenvalue weighted by molar-refractivity contribution is 0.00207. The summed E-state index contributed by atoms with van der Waals surface area (Å²) in [5.41, 5.74) is 0.430. The summed E-state index contributed by atoms with van der Waals surface area (Å²) in [6.45, 7) is 3.98. The van der Waals surface area contributed by atoms with Crippen LogP contribution in [0.15, 0.2) is 23.1 Å². The van der Waals surface area contributed by atoms with Crippen molar-refractivity contribution in [2.75, 3.05) is 33.8 Å². The van der Waals surface area contributed by atoms with Crippen LogP contribution in [0.2, 0.25) is 0 Å². The highest BCUT2D eigenvalue weighted by Gasteiger charge is 2.27. The minimum atomic E-state index is -3.57. The van der Waals surface area contributed by atoms with Crippen molar-refractivity contribution in [3.05, 3.63) is 27.3 Å². The summed E-state index contributed by atoms with van der Waals surface area (Å²) in [7, 11) is -0.606. The van der Waals surface area contributed by atoms with Crippen LogP contribution >= 0.6 is 22.6 Å². The van der Waals surface area contributed by atoms with Gasteiger partial charge in [-0.25, -0.2) is 12.7 Å². The van der Waals surface area contributed by atoms with E-state index < -0.39 is 10.0 Å². The zero-order valence-electron chi connectivity index (χ0n) is 14.9. The number of sulfonamides is 1. The Bertz CT molecular complexity index is 721. The van der Waals surface area contributed by atoms with E-state index in [1.54, 1.807) is 11.0 Å². The van der Waals surface area contributed by atoms with Gasteiger partial charge in [0.25, 0.3) is 5.91 Å². The summed E-state index contributed by atoms with van der Waals surface area (Å²) in [4.78, 5) is 14.9. The van der Waals surface area contributed by atoms with Crippen LogP contribution in [0.5, 0.6) is 0 Å². The van der Waals surface area contributed by atoms with E-state index >= 15 is 0 Å². The maximum absolute atomic E-state index is 12.9. The zero-order chi connectivity index (χ0) is 18.6. The van der Waals surface area contributed by atoms with Crippen LogP contribution in [0.25, 0.3) is 0 Å². The third kappa shape index (κ3) is 4.93. The van der Waals surface area contributed by atoms with Gasteiger partial charge in [-0.15, -0.1) is 0 Å². The van der Waals surface area contributed by atoms with Crippen LogP contribution in [0, 0.1) is 3.57 Å². The first-order valence-electron chi connectivity index (χ1n) is 8.40. The fraction of sp³-hybridized carbons (Fsp3) is 0.588. The Hall–Kier alpha value is -0.710. The number of benzene rings is 1. The van der Waals surface area contributed by atoms with Gasteiger partial charge in [0.05, 0.1) is 16.6 Å². The number of likely N-dealkylation sites (tertiary alicyclic amines) is 1. The fourth-order valence-electron chi connectivity index (χ4n) is 2.75. The largest absolute Gasteiger partial charge is 0.376 e. The van der Waals surface area contributed by atoms with Crippen molar-refractivity contribution in [3.8, 4) is 0 Å². The molecule has 1 heterocycles. The van der Waals surface area contributed by atoms with Crippen molar-refractivity contribution >= 4 is 38.5 Å². The molecule has 0 bridgehead atoms. The quantitative estimate of drug-likeness (QED) is 0.588. The number of halogens is 1. The van der Waals surface area contributed by atoms with Crippen LogP contribution in [0.4, 0.5) is 0 Å². The van der Waals surface area contributed by atoms with Crippen molar-refractivity contribution in [1.82, 2.24) is 9.21 Å². The van der Waals surface area contributed by atoms with E-state index in [0.717, 1.165) is 27.1 Å². The van der Waals surface area contributed by atoms with Gasteiger partial charge in [0, 0.05) is 37.4 Å². The van der Waals surface area contributed by atoms with E-state index in [4.69, 9.17) is 4.74 Å². The average molecular weight is 480 g/mol. The Morgan fingerprint density at radius 1 is 1.40 bits per heavy atom. The molecule has 1 atom stereocenters. The van der Waals surface area contributed by atoms with E-state index in [1.165, 1.54) is 26.2 Å². The Morgan fingerprint density at radius 2 is 2.12 bits per heavy atom. The van der Waals surface area contributed by atoms with Crippen molar-refractivity contribution < 1.29 is 17.9 Å². The Balaban J connectivity index is 2.24. The molecule has 0 aromatic heterocycles. The first-order chi connectivity index (χ1) is 11.8. The molecule has 0 N–H and O–H groups in total. The molecule has 2 rings (SSSR count). The van der Waals surface area contributed by atoms with Gasteiger partial charge in [-0.3, -0.25) is 4.79 Å². The highest BCUT2D eigenvalue weighted by Crippen LogP contribution is 2.23.